The number of Topliss-reactive ketones (excluding diaryl/α,β-unsaturated/α-hetero) is 1. The third-order valence-corrected chi connectivity index (χ3v) is 14.4. The molecule has 6 aromatic rings. The van der Waals surface area contributed by atoms with Crippen molar-refractivity contribution < 1.29 is 24.2 Å². The third-order valence-electron chi connectivity index (χ3n) is 14.4. The molecule has 0 bridgehead atoms. The van der Waals surface area contributed by atoms with Gasteiger partial charge in [0.15, 0.2) is 0 Å². The monoisotopic (exact) mass is 878 g/mol. The van der Waals surface area contributed by atoms with E-state index in [4.69, 9.17) is 9.84 Å². The molecule has 0 atom stereocenters. The number of carbonyl (C=O) groups is 3. The smallest absolute Gasteiger partial charge is 0.336 e. The van der Waals surface area contributed by atoms with Gasteiger partial charge in [0.2, 0.25) is 5.36 Å². The number of hydrogen-bond acceptors (Lipinski definition) is 6. The summed E-state index contributed by atoms with van der Waals surface area (Å²) in [6.07, 6.45) is 9.63. The van der Waals surface area contributed by atoms with Crippen LogP contribution in [0.5, 0.6) is 11.5 Å². The van der Waals surface area contributed by atoms with E-state index < -0.39 is 5.97 Å². The molecule has 334 valence electrons. The highest BCUT2D eigenvalue weighted by molar-refractivity contribution is 6.02. The van der Waals surface area contributed by atoms with Crippen molar-refractivity contribution in [2.45, 2.75) is 90.9 Å². The number of hydrogen-bond donors (Lipinski definition) is 2. The average Bonchev–Trinajstić information content (AvgIpc) is 3.76. The molecule has 0 saturated heterocycles. The lowest BCUT2D eigenvalue weighted by Gasteiger charge is -2.39. The number of nitrogens with one attached hydrogen (secondary N) is 1. The number of rotatable bonds is 12. The SMILES string of the molecule is Cc1ccc(-c2cc(CCC(=O)CCCNC(=O)c3ccc(C(=O)O)c(C4=c5cc6c7c(c5Oc5c4cc4c8c5CCCN8CCC4)CCC[N+]=7CCC6)c3)nn2-c2ccc(C)cc2)cc1. The van der Waals surface area contributed by atoms with Crippen LogP contribution >= 0.6 is 0 Å². The Bertz CT molecular complexity index is 3040. The van der Waals surface area contributed by atoms with Crippen LogP contribution in [0.25, 0.3) is 22.5 Å². The standard InChI is InChI=1S/C56H55N5O5/c1-34-13-17-36(18-14-34)49-33-40(58-61(49)41-21-15-35(2)16-22-41)20-23-42(62)10-3-25-57-55(63)39-19-24-43(56(64)65)46(32-39)50-47-30-37-8-4-26-59-28-6-11-44(51(37)59)53(47)66-54-45-12-7-29-60-27-5-9-38(52(45)60)31-48(50)54/h13-19,21-22,24,30-33H,3-12,20,23,25-29H2,1-2H3,(H-,57,63,64,65)/p+1. The number of ether oxygens (including phenoxy) is 1. The number of benzene rings is 5. The molecule has 2 N–H and O–H groups in total. The van der Waals surface area contributed by atoms with E-state index in [1.165, 1.54) is 44.4 Å². The van der Waals surface area contributed by atoms with Gasteiger partial charge in [-0.15, -0.1) is 0 Å². The molecule has 10 heteroatoms. The molecule has 11 rings (SSSR count). The number of carbonyl (C=O) groups excluding carboxylic acids is 2. The molecule has 0 saturated carbocycles. The zero-order valence-electron chi connectivity index (χ0n) is 38.0. The third kappa shape index (κ3) is 7.59. The predicted octanol–water partition coefficient (Wildman–Crippen LogP) is 8.00. The maximum absolute atomic E-state index is 14.0. The molecule has 5 aliphatic heterocycles. The van der Waals surface area contributed by atoms with Gasteiger partial charge in [-0.05, 0) is 125 Å². The van der Waals surface area contributed by atoms with E-state index in [1.54, 1.807) is 18.2 Å². The van der Waals surface area contributed by atoms with Crippen LogP contribution in [-0.4, -0.2) is 65.3 Å². The lowest BCUT2D eigenvalue weighted by atomic mass is 9.81. The molecule has 0 spiro atoms. The molecular weight excluding hydrogens is 823 g/mol. The van der Waals surface area contributed by atoms with Gasteiger partial charge in [-0.2, -0.15) is 5.10 Å². The van der Waals surface area contributed by atoms with Crippen LogP contribution in [0.2, 0.25) is 0 Å². The second kappa shape index (κ2) is 17.2. The fourth-order valence-corrected chi connectivity index (χ4v) is 11.2. The molecule has 0 aliphatic carbocycles. The number of aromatic carboxylic acids is 1. The summed E-state index contributed by atoms with van der Waals surface area (Å²) >= 11 is 0. The van der Waals surface area contributed by atoms with Crippen molar-refractivity contribution in [3.63, 3.8) is 0 Å². The molecule has 0 radical (unpaired) electrons. The number of aromatic nitrogens is 2. The lowest BCUT2D eigenvalue weighted by Crippen LogP contribution is -2.45. The summed E-state index contributed by atoms with van der Waals surface area (Å²) in [5, 5.41) is 21.0. The molecular formula is C56H56N5O5+. The van der Waals surface area contributed by atoms with Crippen molar-refractivity contribution in [2.75, 3.05) is 37.6 Å². The average molecular weight is 879 g/mol. The number of amides is 1. The lowest BCUT2D eigenvalue weighted by molar-refractivity contribution is -0.119. The van der Waals surface area contributed by atoms with Gasteiger partial charge < -0.3 is 20.1 Å². The van der Waals surface area contributed by atoms with E-state index in [0.29, 0.717) is 43.4 Å². The van der Waals surface area contributed by atoms with Gasteiger partial charge in [-0.25, -0.2) is 14.1 Å². The minimum absolute atomic E-state index is 0.112. The Balaban J connectivity index is 0.856. The Morgan fingerprint density at radius 3 is 2.27 bits per heavy atom. The van der Waals surface area contributed by atoms with Crippen molar-refractivity contribution in [3.8, 4) is 28.4 Å². The summed E-state index contributed by atoms with van der Waals surface area (Å²) in [7, 11) is 0. The molecule has 5 aliphatic rings. The van der Waals surface area contributed by atoms with E-state index in [-0.39, 0.29) is 17.3 Å². The summed E-state index contributed by atoms with van der Waals surface area (Å²) in [5.41, 5.74) is 15.3. The first kappa shape index (κ1) is 41.9. The fraction of sp³-hybridized carbons (Fsp3) is 0.339. The van der Waals surface area contributed by atoms with Crippen LogP contribution in [0.4, 0.5) is 5.69 Å². The maximum Gasteiger partial charge on any atom is 0.336 e. The van der Waals surface area contributed by atoms with Crippen LogP contribution in [-0.2, 0) is 36.9 Å². The highest BCUT2D eigenvalue weighted by Crippen LogP contribution is 2.49. The number of anilines is 1. The van der Waals surface area contributed by atoms with Gasteiger partial charge in [0.05, 0.1) is 28.2 Å². The zero-order chi connectivity index (χ0) is 45.1. The summed E-state index contributed by atoms with van der Waals surface area (Å²) in [6.45, 7) is 8.58. The predicted molar refractivity (Wildman–Crippen MR) is 257 cm³/mol. The molecule has 1 amide bonds. The van der Waals surface area contributed by atoms with Crippen molar-refractivity contribution in [2.24, 2.45) is 0 Å². The van der Waals surface area contributed by atoms with Gasteiger partial charge in [0, 0.05) is 89.6 Å². The summed E-state index contributed by atoms with van der Waals surface area (Å²) in [4.78, 5) is 42.9. The van der Waals surface area contributed by atoms with E-state index in [2.05, 4.69) is 95.4 Å². The van der Waals surface area contributed by atoms with Gasteiger partial charge >= 0.3 is 5.97 Å². The number of fused-ring (bicyclic) bond motifs is 4. The summed E-state index contributed by atoms with van der Waals surface area (Å²) < 4.78 is 11.7. The van der Waals surface area contributed by atoms with Crippen molar-refractivity contribution >= 4 is 28.9 Å². The van der Waals surface area contributed by atoms with Gasteiger partial charge in [0.25, 0.3) is 5.91 Å². The Morgan fingerprint density at radius 2 is 1.48 bits per heavy atom. The van der Waals surface area contributed by atoms with Crippen molar-refractivity contribution in [3.05, 3.63) is 157 Å². The molecule has 6 heterocycles. The Morgan fingerprint density at radius 1 is 0.758 bits per heavy atom. The Labute approximate surface area is 385 Å². The normalized spacial score (nSPS) is 15.6. The largest absolute Gasteiger partial charge is 0.478 e. The first-order valence-electron chi connectivity index (χ1n) is 24.0. The minimum atomic E-state index is -1.04. The number of carboxylic acid groups (broad SMARTS) is 1. The Kier molecular flexibility index (Phi) is 10.9. The molecule has 0 unspecified atom stereocenters. The van der Waals surface area contributed by atoms with E-state index in [0.717, 1.165) is 128 Å². The Hall–Kier alpha value is -6.81. The highest BCUT2D eigenvalue weighted by Gasteiger charge is 2.36. The molecule has 5 aromatic carbocycles. The number of carboxylic acids is 1. The summed E-state index contributed by atoms with van der Waals surface area (Å²) in [6, 6.07) is 28.2. The maximum atomic E-state index is 14.0. The molecule has 10 nitrogen and oxygen atoms in total. The van der Waals surface area contributed by atoms with Crippen LogP contribution in [0.3, 0.4) is 0 Å². The summed E-state index contributed by atoms with van der Waals surface area (Å²) in [5.74, 6) is 0.456. The molecule has 1 aromatic heterocycles. The second-order valence-electron chi connectivity index (χ2n) is 18.9. The molecule has 66 heavy (non-hydrogen) atoms. The fourth-order valence-electron chi connectivity index (χ4n) is 11.2. The van der Waals surface area contributed by atoms with Crippen molar-refractivity contribution in [1.82, 2.24) is 19.7 Å². The highest BCUT2D eigenvalue weighted by atomic mass is 16.5. The first-order chi connectivity index (χ1) is 32.2. The number of ketones is 1. The zero-order valence-corrected chi connectivity index (χ0v) is 38.0. The molecule has 0 fully saturated rings. The van der Waals surface area contributed by atoms with Crippen molar-refractivity contribution in [1.29, 1.82) is 0 Å². The van der Waals surface area contributed by atoms with E-state index in [9.17, 15) is 19.5 Å². The van der Waals surface area contributed by atoms with E-state index >= 15 is 0 Å². The quantitative estimate of drug-likeness (QED) is 0.0945. The number of nitrogens with zero attached hydrogens (tertiary/aromatic N) is 4. The van der Waals surface area contributed by atoms with Crippen LogP contribution in [0, 0.1) is 13.8 Å². The van der Waals surface area contributed by atoms with Gasteiger partial charge in [-0.1, -0.05) is 47.5 Å². The number of aryl methyl sites for hydroxylation is 5. The van der Waals surface area contributed by atoms with Crippen LogP contribution in [0.1, 0.15) is 116 Å². The minimum Gasteiger partial charge on any atom is -0.478 e. The second-order valence-corrected chi connectivity index (χ2v) is 18.9. The topological polar surface area (TPSA) is 117 Å². The van der Waals surface area contributed by atoms with Crippen LogP contribution in [0.15, 0.2) is 84.9 Å². The van der Waals surface area contributed by atoms with Crippen LogP contribution < -0.4 is 30.1 Å². The van der Waals surface area contributed by atoms with E-state index in [1.807, 2.05) is 4.68 Å². The first-order valence-corrected chi connectivity index (χ1v) is 24.0. The van der Waals surface area contributed by atoms with Gasteiger partial charge in [-0.3, -0.25) is 9.59 Å². The van der Waals surface area contributed by atoms with Gasteiger partial charge in [0.1, 0.15) is 30.4 Å².